The van der Waals surface area contributed by atoms with Gasteiger partial charge in [0.15, 0.2) is 6.61 Å². The predicted molar refractivity (Wildman–Crippen MR) is 85.5 cm³/mol. The lowest BCUT2D eigenvalue weighted by atomic mass is 10.1. The first-order valence-electron chi connectivity index (χ1n) is 7.41. The van der Waals surface area contributed by atoms with Gasteiger partial charge in [-0.2, -0.15) is 0 Å². The van der Waals surface area contributed by atoms with Gasteiger partial charge in [0.25, 0.3) is 5.91 Å². The smallest absolute Gasteiger partial charge is 0.258 e. The normalized spacial score (nSPS) is 13.2. The number of aliphatic hydroxyl groups excluding tert-OH is 1. The molecule has 2 aromatic rings. The minimum Gasteiger partial charge on any atom is -0.484 e. The highest BCUT2D eigenvalue weighted by molar-refractivity contribution is 5.78. The Kier molecular flexibility index (Phi) is 5.71. The Bertz CT molecular complexity index is 656. The lowest BCUT2D eigenvalue weighted by molar-refractivity contribution is -0.123. The molecule has 0 heterocycles. The first-order valence-corrected chi connectivity index (χ1v) is 7.41. The highest BCUT2D eigenvalue weighted by Gasteiger charge is 2.10. The second-order valence-corrected chi connectivity index (χ2v) is 5.38. The van der Waals surface area contributed by atoms with E-state index >= 15 is 0 Å². The second-order valence-electron chi connectivity index (χ2n) is 5.38. The number of benzene rings is 2. The monoisotopic (exact) mass is 317 g/mol. The van der Waals surface area contributed by atoms with Crippen LogP contribution in [0.1, 0.15) is 37.1 Å². The largest absolute Gasteiger partial charge is 0.484 e. The second kappa shape index (κ2) is 7.74. The van der Waals surface area contributed by atoms with Crippen molar-refractivity contribution >= 4 is 5.91 Å². The third kappa shape index (κ3) is 5.07. The molecule has 2 aromatic carbocycles. The summed E-state index contributed by atoms with van der Waals surface area (Å²) in [6.07, 6.45) is -0.592. The average Bonchev–Trinajstić information content (AvgIpc) is 2.53. The zero-order valence-corrected chi connectivity index (χ0v) is 13.1. The number of carbonyl (C=O) groups excluding carboxylic acids is 1. The van der Waals surface area contributed by atoms with Crippen molar-refractivity contribution in [3.05, 3.63) is 65.5 Å². The van der Waals surface area contributed by atoms with Crippen LogP contribution >= 0.6 is 0 Å². The van der Waals surface area contributed by atoms with Crippen LogP contribution in [0.5, 0.6) is 5.75 Å². The van der Waals surface area contributed by atoms with Crippen molar-refractivity contribution in [1.82, 2.24) is 5.32 Å². The van der Waals surface area contributed by atoms with Crippen molar-refractivity contribution in [3.63, 3.8) is 0 Å². The van der Waals surface area contributed by atoms with E-state index in [1.54, 1.807) is 43.3 Å². The molecule has 23 heavy (non-hydrogen) atoms. The van der Waals surface area contributed by atoms with Gasteiger partial charge in [0.05, 0.1) is 12.1 Å². The van der Waals surface area contributed by atoms with E-state index in [4.69, 9.17) is 4.74 Å². The molecule has 0 radical (unpaired) electrons. The van der Waals surface area contributed by atoms with Crippen molar-refractivity contribution in [2.24, 2.45) is 0 Å². The lowest BCUT2D eigenvalue weighted by Crippen LogP contribution is -2.31. The number of amides is 1. The summed E-state index contributed by atoms with van der Waals surface area (Å²) in [5, 5.41) is 12.3. The zero-order valence-electron chi connectivity index (χ0n) is 13.1. The molecule has 0 aliphatic rings. The molecular formula is C18H20FNO3. The molecule has 5 heteroatoms. The first-order chi connectivity index (χ1) is 11.0. The van der Waals surface area contributed by atoms with Crippen LogP contribution in [-0.2, 0) is 4.79 Å². The number of ether oxygens (including phenoxy) is 1. The van der Waals surface area contributed by atoms with Crippen molar-refractivity contribution in [2.75, 3.05) is 6.61 Å². The summed E-state index contributed by atoms with van der Waals surface area (Å²) in [6.45, 7) is 3.35. The van der Waals surface area contributed by atoms with E-state index < -0.39 is 6.10 Å². The van der Waals surface area contributed by atoms with Gasteiger partial charge in [-0.25, -0.2) is 4.39 Å². The molecule has 0 aliphatic carbocycles. The van der Waals surface area contributed by atoms with Crippen molar-refractivity contribution < 1.29 is 19.0 Å². The molecule has 122 valence electrons. The van der Waals surface area contributed by atoms with E-state index in [9.17, 15) is 14.3 Å². The number of aliphatic hydroxyl groups is 1. The van der Waals surface area contributed by atoms with Gasteiger partial charge in [-0.1, -0.05) is 24.3 Å². The third-order valence-electron chi connectivity index (χ3n) is 3.46. The molecular weight excluding hydrogens is 297 g/mol. The maximum absolute atomic E-state index is 12.9. The van der Waals surface area contributed by atoms with E-state index in [2.05, 4.69) is 5.32 Å². The third-order valence-corrected chi connectivity index (χ3v) is 3.46. The summed E-state index contributed by atoms with van der Waals surface area (Å²) in [6, 6.07) is 12.7. The van der Waals surface area contributed by atoms with E-state index in [1.807, 2.05) is 6.92 Å². The van der Waals surface area contributed by atoms with Crippen LogP contribution in [0.3, 0.4) is 0 Å². The van der Waals surface area contributed by atoms with E-state index in [0.29, 0.717) is 5.75 Å². The van der Waals surface area contributed by atoms with Crippen molar-refractivity contribution in [1.29, 1.82) is 0 Å². The van der Waals surface area contributed by atoms with Gasteiger partial charge >= 0.3 is 0 Å². The topological polar surface area (TPSA) is 58.6 Å². The Hall–Kier alpha value is -2.40. The highest BCUT2D eigenvalue weighted by atomic mass is 19.1. The average molecular weight is 317 g/mol. The predicted octanol–water partition coefficient (Wildman–Crippen LogP) is 3.14. The molecule has 1 amide bonds. The zero-order chi connectivity index (χ0) is 16.8. The van der Waals surface area contributed by atoms with Crippen molar-refractivity contribution in [3.8, 4) is 5.75 Å². The van der Waals surface area contributed by atoms with Gasteiger partial charge in [-0.15, -0.1) is 0 Å². The first kappa shape index (κ1) is 17.0. The van der Waals surface area contributed by atoms with Crippen LogP contribution in [0.2, 0.25) is 0 Å². The molecule has 0 saturated heterocycles. The summed E-state index contributed by atoms with van der Waals surface area (Å²) < 4.78 is 18.3. The highest BCUT2D eigenvalue weighted by Crippen LogP contribution is 2.19. The van der Waals surface area contributed by atoms with Crippen LogP contribution in [0.15, 0.2) is 48.5 Å². The van der Waals surface area contributed by atoms with Crippen LogP contribution in [0.25, 0.3) is 0 Å². The van der Waals surface area contributed by atoms with E-state index in [0.717, 1.165) is 11.1 Å². The number of nitrogens with one attached hydrogen (secondary N) is 1. The SMILES string of the molecule is CC(O)c1cccc(OCC(=O)NC(C)c2ccc(F)cc2)c1. The Morgan fingerprint density at radius 2 is 1.87 bits per heavy atom. The molecule has 2 unspecified atom stereocenters. The number of rotatable bonds is 6. The Morgan fingerprint density at radius 1 is 1.17 bits per heavy atom. The minimum absolute atomic E-state index is 0.130. The number of hydrogen-bond donors (Lipinski definition) is 2. The molecule has 0 spiro atoms. The molecule has 2 N–H and O–H groups in total. The number of hydrogen-bond acceptors (Lipinski definition) is 3. The standard InChI is InChI=1S/C18H20FNO3/c1-12(14-6-8-16(19)9-7-14)20-18(22)11-23-17-5-3-4-15(10-17)13(2)21/h3-10,12-13,21H,11H2,1-2H3,(H,20,22). The van der Waals surface area contributed by atoms with Gasteiger partial charge < -0.3 is 15.2 Å². The molecule has 0 aliphatic heterocycles. The number of carbonyl (C=O) groups is 1. The van der Waals surface area contributed by atoms with Gasteiger partial charge in [-0.3, -0.25) is 4.79 Å². The quantitative estimate of drug-likeness (QED) is 0.860. The molecule has 0 saturated carbocycles. The van der Waals surface area contributed by atoms with Crippen molar-refractivity contribution in [2.45, 2.75) is 26.0 Å². The molecule has 2 rings (SSSR count). The maximum Gasteiger partial charge on any atom is 0.258 e. The molecule has 2 atom stereocenters. The van der Waals surface area contributed by atoms with Crippen LogP contribution in [0, 0.1) is 5.82 Å². The number of halogens is 1. The van der Waals surface area contributed by atoms with Gasteiger partial charge in [-0.05, 0) is 49.2 Å². The summed E-state index contributed by atoms with van der Waals surface area (Å²) in [4.78, 5) is 11.9. The van der Waals surface area contributed by atoms with Crippen LogP contribution < -0.4 is 10.1 Å². The van der Waals surface area contributed by atoms with Gasteiger partial charge in [0.2, 0.25) is 0 Å². The Labute approximate surface area is 134 Å². The molecule has 4 nitrogen and oxygen atoms in total. The maximum atomic E-state index is 12.9. The van der Waals surface area contributed by atoms with Gasteiger partial charge in [0.1, 0.15) is 11.6 Å². The summed E-state index contributed by atoms with van der Waals surface area (Å²) >= 11 is 0. The Balaban J connectivity index is 1.87. The summed E-state index contributed by atoms with van der Waals surface area (Å²) in [7, 11) is 0. The lowest BCUT2D eigenvalue weighted by Gasteiger charge is -2.15. The Morgan fingerprint density at radius 3 is 2.52 bits per heavy atom. The minimum atomic E-state index is -0.592. The van der Waals surface area contributed by atoms with Crippen LogP contribution in [0.4, 0.5) is 4.39 Å². The van der Waals surface area contributed by atoms with Crippen LogP contribution in [-0.4, -0.2) is 17.6 Å². The fourth-order valence-corrected chi connectivity index (χ4v) is 2.13. The fourth-order valence-electron chi connectivity index (χ4n) is 2.13. The van der Waals surface area contributed by atoms with E-state index in [-0.39, 0.29) is 24.4 Å². The molecule has 0 aromatic heterocycles. The molecule has 0 fully saturated rings. The van der Waals surface area contributed by atoms with E-state index in [1.165, 1.54) is 12.1 Å². The van der Waals surface area contributed by atoms with Gasteiger partial charge in [0, 0.05) is 0 Å². The fraction of sp³-hybridized carbons (Fsp3) is 0.278. The summed E-state index contributed by atoms with van der Waals surface area (Å²) in [5.74, 6) is -0.0640. The summed E-state index contributed by atoms with van der Waals surface area (Å²) in [5.41, 5.74) is 1.54. The molecule has 0 bridgehead atoms.